The summed E-state index contributed by atoms with van der Waals surface area (Å²) in [5.41, 5.74) is -1.09. The smallest absolute Gasteiger partial charge is 0.107 e. The Kier molecular flexibility index (Phi) is 2.84. The standard InChI is InChI=1S/C8H16FNO/c1-8(2,9)3-4-11-7-5-10-6-7/h7,10H,3-6H2,1-2H3. The highest BCUT2D eigenvalue weighted by Gasteiger charge is 2.19. The Morgan fingerprint density at radius 2 is 2.18 bits per heavy atom. The van der Waals surface area contributed by atoms with E-state index in [1.807, 2.05) is 0 Å². The van der Waals surface area contributed by atoms with Crippen LogP contribution in [0.1, 0.15) is 20.3 Å². The van der Waals surface area contributed by atoms with Gasteiger partial charge >= 0.3 is 0 Å². The third kappa shape index (κ3) is 3.68. The van der Waals surface area contributed by atoms with Crippen LogP contribution in [-0.4, -0.2) is 31.5 Å². The minimum Gasteiger partial charge on any atom is -0.375 e. The molecule has 1 N–H and O–H groups in total. The van der Waals surface area contributed by atoms with Crippen molar-refractivity contribution in [1.82, 2.24) is 5.32 Å². The lowest BCUT2D eigenvalue weighted by Crippen LogP contribution is -2.48. The zero-order chi connectivity index (χ0) is 8.32. The lowest BCUT2D eigenvalue weighted by molar-refractivity contribution is 0.000705. The van der Waals surface area contributed by atoms with Crippen LogP contribution < -0.4 is 5.32 Å². The van der Waals surface area contributed by atoms with Crippen LogP contribution in [0, 0.1) is 0 Å². The largest absolute Gasteiger partial charge is 0.375 e. The quantitative estimate of drug-likeness (QED) is 0.667. The molecule has 11 heavy (non-hydrogen) atoms. The molecule has 0 saturated carbocycles. The third-order valence-corrected chi connectivity index (χ3v) is 1.79. The van der Waals surface area contributed by atoms with Gasteiger partial charge in [0.1, 0.15) is 5.67 Å². The van der Waals surface area contributed by atoms with Crippen LogP contribution in [0.3, 0.4) is 0 Å². The fourth-order valence-electron chi connectivity index (χ4n) is 0.848. The van der Waals surface area contributed by atoms with Gasteiger partial charge in [0, 0.05) is 19.5 Å². The summed E-state index contributed by atoms with van der Waals surface area (Å²) in [6.45, 7) is 5.54. The van der Waals surface area contributed by atoms with Crippen molar-refractivity contribution in [2.24, 2.45) is 0 Å². The van der Waals surface area contributed by atoms with E-state index in [-0.39, 0.29) is 0 Å². The Morgan fingerprint density at radius 3 is 2.55 bits per heavy atom. The van der Waals surface area contributed by atoms with Crippen LogP contribution in [0.25, 0.3) is 0 Å². The molecule has 0 radical (unpaired) electrons. The van der Waals surface area contributed by atoms with Gasteiger partial charge in [-0.2, -0.15) is 0 Å². The van der Waals surface area contributed by atoms with E-state index in [0.717, 1.165) is 13.1 Å². The highest BCUT2D eigenvalue weighted by Crippen LogP contribution is 2.14. The molecule has 1 saturated heterocycles. The van der Waals surface area contributed by atoms with Gasteiger partial charge in [0.2, 0.25) is 0 Å². The van der Waals surface area contributed by atoms with Crippen molar-refractivity contribution in [3.8, 4) is 0 Å². The molecule has 0 bridgehead atoms. The van der Waals surface area contributed by atoms with Crippen LogP contribution in [-0.2, 0) is 4.74 Å². The number of ether oxygens (including phenoxy) is 1. The van der Waals surface area contributed by atoms with Gasteiger partial charge in [-0.15, -0.1) is 0 Å². The molecule has 1 aliphatic rings. The molecular weight excluding hydrogens is 145 g/mol. The maximum absolute atomic E-state index is 12.9. The summed E-state index contributed by atoms with van der Waals surface area (Å²) in [5, 5.41) is 3.09. The molecule has 0 aromatic heterocycles. The summed E-state index contributed by atoms with van der Waals surface area (Å²) in [5.74, 6) is 0. The van der Waals surface area contributed by atoms with Crippen LogP contribution in [0.5, 0.6) is 0 Å². The van der Waals surface area contributed by atoms with Gasteiger partial charge in [0.25, 0.3) is 0 Å². The lowest BCUT2D eigenvalue weighted by atomic mass is 10.1. The first-order valence-electron chi connectivity index (χ1n) is 4.09. The summed E-state index contributed by atoms with van der Waals surface area (Å²) in [4.78, 5) is 0. The van der Waals surface area contributed by atoms with Gasteiger partial charge in [-0.25, -0.2) is 4.39 Å². The molecule has 1 aliphatic heterocycles. The van der Waals surface area contributed by atoms with E-state index in [0.29, 0.717) is 19.1 Å². The molecule has 0 aromatic carbocycles. The number of hydrogen-bond acceptors (Lipinski definition) is 2. The molecule has 0 aromatic rings. The second-order valence-corrected chi connectivity index (χ2v) is 3.62. The Bertz CT molecular complexity index is 118. The molecule has 1 rings (SSSR count). The van der Waals surface area contributed by atoms with Gasteiger partial charge in [-0.05, 0) is 13.8 Å². The zero-order valence-corrected chi connectivity index (χ0v) is 7.19. The van der Waals surface area contributed by atoms with Gasteiger partial charge in [-0.1, -0.05) is 0 Å². The molecular formula is C8H16FNO. The van der Waals surface area contributed by atoms with Crippen LogP contribution in [0.2, 0.25) is 0 Å². The minimum atomic E-state index is -1.09. The zero-order valence-electron chi connectivity index (χ0n) is 7.19. The summed E-state index contributed by atoms with van der Waals surface area (Å²) in [6, 6.07) is 0. The van der Waals surface area contributed by atoms with Gasteiger partial charge in [0.15, 0.2) is 0 Å². The molecule has 0 atom stereocenters. The lowest BCUT2D eigenvalue weighted by Gasteiger charge is -2.27. The van der Waals surface area contributed by atoms with Crippen molar-refractivity contribution in [2.45, 2.75) is 32.0 Å². The van der Waals surface area contributed by atoms with E-state index in [4.69, 9.17) is 4.74 Å². The number of rotatable bonds is 4. The van der Waals surface area contributed by atoms with E-state index in [9.17, 15) is 4.39 Å². The second-order valence-electron chi connectivity index (χ2n) is 3.62. The predicted molar refractivity (Wildman–Crippen MR) is 42.4 cm³/mol. The molecule has 0 spiro atoms. The average molecular weight is 161 g/mol. The molecule has 2 nitrogen and oxygen atoms in total. The van der Waals surface area contributed by atoms with Gasteiger partial charge in [0.05, 0.1) is 12.7 Å². The average Bonchev–Trinajstić information content (AvgIpc) is 1.73. The maximum Gasteiger partial charge on any atom is 0.107 e. The molecule has 1 fully saturated rings. The monoisotopic (exact) mass is 161 g/mol. The van der Waals surface area contributed by atoms with Crippen LogP contribution in [0.4, 0.5) is 4.39 Å². The van der Waals surface area contributed by atoms with E-state index in [1.54, 1.807) is 13.8 Å². The van der Waals surface area contributed by atoms with E-state index in [1.165, 1.54) is 0 Å². The van der Waals surface area contributed by atoms with Crippen LogP contribution >= 0.6 is 0 Å². The fraction of sp³-hybridized carbons (Fsp3) is 1.00. The van der Waals surface area contributed by atoms with Crippen molar-refractivity contribution in [3.63, 3.8) is 0 Å². The van der Waals surface area contributed by atoms with Crippen molar-refractivity contribution in [2.75, 3.05) is 19.7 Å². The molecule has 1 heterocycles. The van der Waals surface area contributed by atoms with Crippen molar-refractivity contribution < 1.29 is 9.13 Å². The van der Waals surface area contributed by atoms with E-state index >= 15 is 0 Å². The maximum atomic E-state index is 12.9. The fourth-order valence-corrected chi connectivity index (χ4v) is 0.848. The molecule has 0 amide bonds. The minimum absolute atomic E-state index is 0.331. The van der Waals surface area contributed by atoms with Crippen molar-refractivity contribution in [1.29, 1.82) is 0 Å². The molecule has 66 valence electrons. The summed E-state index contributed by atoms with van der Waals surface area (Å²) >= 11 is 0. The Labute approximate surface area is 67.1 Å². The molecule has 0 unspecified atom stereocenters. The highest BCUT2D eigenvalue weighted by atomic mass is 19.1. The predicted octanol–water partition coefficient (Wildman–Crippen LogP) is 1.11. The van der Waals surface area contributed by atoms with Crippen molar-refractivity contribution >= 4 is 0 Å². The number of hydrogen-bond donors (Lipinski definition) is 1. The number of halogens is 1. The Morgan fingerprint density at radius 1 is 1.55 bits per heavy atom. The highest BCUT2D eigenvalue weighted by molar-refractivity contribution is 4.75. The number of nitrogens with one attached hydrogen (secondary N) is 1. The first kappa shape index (κ1) is 8.94. The van der Waals surface area contributed by atoms with Gasteiger partial charge < -0.3 is 10.1 Å². The summed E-state index contributed by atoms with van der Waals surface area (Å²) < 4.78 is 18.2. The van der Waals surface area contributed by atoms with E-state index in [2.05, 4.69) is 5.32 Å². The topological polar surface area (TPSA) is 21.3 Å². The first-order chi connectivity index (χ1) is 5.08. The molecule has 3 heteroatoms. The summed E-state index contributed by atoms with van der Waals surface area (Å²) in [6.07, 6.45) is 0.820. The Balaban J connectivity index is 1.95. The number of alkyl halides is 1. The third-order valence-electron chi connectivity index (χ3n) is 1.79. The van der Waals surface area contributed by atoms with Gasteiger partial charge in [-0.3, -0.25) is 0 Å². The van der Waals surface area contributed by atoms with Crippen LogP contribution in [0.15, 0.2) is 0 Å². The van der Waals surface area contributed by atoms with E-state index < -0.39 is 5.67 Å². The molecule has 0 aliphatic carbocycles. The first-order valence-corrected chi connectivity index (χ1v) is 4.09. The Hall–Kier alpha value is -0.150. The van der Waals surface area contributed by atoms with Crippen molar-refractivity contribution in [3.05, 3.63) is 0 Å². The normalized spacial score (nSPS) is 19.9. The summed E-state index contributed by atoms with van der Waals surface area (Å²) in [7, 11) is 0. The second kappa shape index (κ2) is 3.50. The SMILES string of the molecule is CC(C)(F)CCOC1CNC1.